The van der Waals surface area contributed by atoms with E-state index in [1.54, 1.807) is 4.90 Å². The molecular weight excluding hydrogens is 648 g/mol. The van der Waals surface area contributed by atoms with Gasteiger partial charge in [0.05, 0.1) is 18.3 Å². The molecule has 3 aliphatic heterocycles. The van der Waals surface area contributed by atoms with Crippen LogP contribution < -0.4 is 15.4 Å². The second-order valence-corrected chi connectivity index (χ2v) is 16.0. The zero-order valence-corrected chi connectivity index (χ0v) is 27.8. The summed E-state index contributed by atoms with van der Waals surface area (Å²) in [6.07, 6.45) is 5.00. The zero-order chi connectivity index (χ0) is 34.1. The molecule has 8 rings (SSSR count). The van der Waals surface area contributed by atoms with Crippen molar-refractivity contribution in [2.45, 2.75) is 68.0 Å². The van der Waals surface area contributed by atoms with Gasteiger partial charge in [0.1, 0.15) is 29.4 Å². The summed E-state index contributed by atoms with van der Waals surface area (Å²) in [6.45, 7) is 2.59. The number of benzene rings is 2. The third-order valence-electron chi connectivity index (χ3n) is 10.6. The molecule has 256 valence electrons. The third kappa shape index (κ3) is 5.65. The molecular formula is C35H38N6O7S. The number of sulfonamides is 1. The average molecular weight is 687 g/mol. The lowest BCUT2D eigenvalue weighted by molar-refractivity contribution is -0.140. The fourth-order valence-electron chi connectivity index (χ4n) is 7.45. The largest absolute Gasteiger partial charge is 0.390 e. The van der Waals surface area contributed by atoms with Crippen molar-refractivity contribution in [3.05, 3.63) is 71.8 Å². The summed E-state index contributed by atoms with van der Waals surface area (Å²) in [5.41, 5.74) is 3.07. The number of carbonyl (C=O) groups is 4. The molecule has 49 heavy (non-hydrogen) atoms. The van der Waals surface area contributed by atoms with E-state index in [1.807, 2.05) is 67.6 Å². The molecule has 2 aromatic carbocycles. The van der Waals surface area contributed by atoms with Gasteiger partial charge in [-0.15, -0.1) is 0 Å². The van der Waals surface area contributed by atoms with Crippen LogP contribution in [0.2, 0.25) is 0 Å². The first-order valence-electron chi connectivity index (χ1n) is 16.9. The molecule has 0 radical (unpaired) electrons. The van der Waals surface area contributed by atoms with Crippen LogP contribution in [-0.2, 0) is 29.2 Å². The number of carbonyl (C=O) groups excluding carboxylic acids is 4. The fourth-order valence-corrected chi connectivity index (χ4v) is 8.82. The maximum absolute atomic E-state index is 14.2. The SMILES string of the molecule is CC1/C=C\[C@@H]2C[C@@]2(C(=O)NS(=O)(=O)C2CC2)NC(=O)[C@@H]2C[C@@H](ON=C3c4ccccc4-c4ccccc43)CN2C(=O)[C@@H]2CN(CC1)C(=O)N2. The lowest BCUT2D eigenvalue weighted by atomic mass is 10.0. The molecule has 3 aliphatic carbocycles. The molecule has 2 saturated carbocycles. The summed E-state index contributed by atoms with van der Waals surface area (Å²) in [7, 11) is -3.87. The number of rotatable bonds is 5. The highest BCUT2D eigenvalue weighted by Crippen LogP contribution is 2.46. The van der Waals surface area contributed by atoms with Gasteiger partial charge in [-0.3, -0.25) is 19.1 Å². The van der Waals surface area contributed by atoms with E-state index in [0.29, 0.717) is 31.5 Å². The summed E-state index contributed by atoms with van der Waals surface area (Å²) >= 11 is 0. The Morgan fingerprint density at radius 3 is 2.31 bits per heavy atom. The van der Waals surface area contributed by atoms with Crippen LogP contribution in [0, 0.1) is 11.8 Å². The highest BCUT2D eigenvalue weighted by molar-refractivity contribution is 7.91. The normalized spacial score (nSPS) is 31.2. The van der Waals surface area contributed by atoms with Crippen LogP contribution in [0.15, 0.2) is 65.8 Å². The van der Waals surface area contributed by atoms with Crippen LogP contribution >= 0.6 is 0 Å². The Labute approximate surface area is 284 Å². The molecule has 6 atom stereocenters. The zero-order valence-electron chi connectivity index (χ0n) is 27.0. The quantitative estimate of drug-likeness (QED) is 0.272. The van der Waals surface area contributed by atoms with Crippen LogP contribution in [-0.4, -0.2) is 96.3 Å². The van der Waals surface area contributed by atoms with E-state index in [0.717, 1.165) is 22.3 Å². The number of urea groups is 1. The topological polar surface area (TPSA) is 167 Å². The van der Waals surface area contributed by atoms with Crippen molar-refractivity contribution in [2.24, 2.45) is 17.0 Å². The van der Waals surface area contributed by atoms with Crippen molar-refractivity contribution < 1.29 is 32.4 Å². The number of nitrogens with one attached hydrogen (secondary N) is 3. The molecule has 3 N–H and O–H groups in total. The molecule has 2 saturated heterocycles. The number of hydrogen-bond donors (Lipinski definition) is 3. The van der Waals surface area contributed by atoms with Gasteiger partial charge in [0.15, 0.2) is 0 Å². The lowest BCUT2D eigenvalue weighted by Gasteiger charge is -2.28. The molecule has 5 amide bonds. The molecule has 2 aromatic rings. The summed E-state index contributed by atoms with van der Waals surface area (Å²) in [5, 5.41) is 9.60. The van der Waals surface area contributed by atoms with Gasteiger partial charge in [0.2, 0.25) is 21.8 Å². The monoisotopic (exact) mass is 686 g/mol. The number of allylic oxidation sites excluding steroid dienone is 1. The highest BCUT2D eigenvalue weighted by Gasteiger charge is 2.62. The van der Waals surface area contributed by atoms with Crippen LogP contribution in [0.4, 0.5) is 4.79 Å². The minimum atomic E-state index is -3.87. The maximum Gasteiger partial charge on any atom is 0.318 e. The minimum Gasteiger partial charge on any atom is -0.390 e. The first-order chi connectivity index (χ1) is 23.5. The van der Waals surface area contributed by atoms with Crippen molar-refractivity contribution in [1.82, 2.24) is 25.2 Å². The Kier molecular flexibility index (Phi) is 7.54. The highest BCUT2D eigenvalue weighted by atomic mass is 32.2. The fraction of sp³-hybridized carbons (Fsp3) is 0.457. The second-order valence-electron chi connectivity index (χ2n) is 14.0. The molecule has 2 bridgehead atoms. The predicted molar refractivity (Wildman–Crippen MR) is 178 cm³/mol. The standard InChI is InChI=1S/C35H38N6O7S/c1-20-10-11-21-17-35(21,33(44)39-49(46,47)23-12-13-23)37-31(42)29-16-22(18-41(29)32(43)28-19-40(15-14-20)34(45)36-28)48-38-30-26-8-4-2-6-24(26)25-7-3-5-9-27(25)30/h2-11,20-23,28-29H,12-19H2,1H3,(H,36,45)(H,37,42)(H,39,44)/b11-10-/t20?,21-,22-,28+,29+,35-/m1/s1. The Morgan fingerprint density at radius 2 is 1.63 bits per heavy atom. The number of fused-ring (bicyclic) bond motifs is 7. The molecule has 3 heterocycles. The Bertz CT molecular complexity index is 1880. The summed E-state index contributed by atoms with van der Waals surface area (Å²) in [6, 6.07) is 13.5. The lowest BCUT2D eigenvalue weighted by Crippen LogP contribution is -2.58. The Morgan fingerprint density at radius 1 is 0.959 bits per heavy atom. The van der Waals surface area contributed by atoms with E-state index >= 15 is 0 Å². The molecule has 6 aliphatic rings. The van der Waals surface area contributed by atoms with Gasteiger partial charge in [-0.1, -0.05) is 72.8 Å². The molecule has 4 fully saturated rings. The van der Waals surface area contributed by atoms with E-state index in [1.165, 1.54) is 4.90 Å². The number of amides is 5. The van der Waals surface area contributed by atoms with Gasteiger partial charge in [-0.2, -0.15) is 0 Å². The van der Waals surface area contributed by atoms with Crippen molar-refractivity contribution in [3.63, 3.8) is 0 Å². The molecule has 1 unspecified atom stereocenters. The minimum absolute atomic E-state index is 0.0268. The first kappa shape index (κ1) is 31.5. The van der Waals surface area contributed by atoms with Crippen molar-refractivity contribution in [1.29, 1.82) is 0 Å². The van der Waals surface area contributed by atoms with Crippen LogP contribution in [0.5, 0.6) is 0 Å². The molecule has 14 heteroatoms. The van der Waals surface area contributed by atoms with Gasteiger partial charge in [0.25, 0.3) is 5.91 Å². The van der Waals surface area contributed by atoms with E-state index in [2.05, 4.69) is 20.5 Å². The average Bonchev–Trinajstić information content (AvgIpc) is 3.95. The molecule has 0 spiro atoms. The van der Waals surface area contributed by atoms with Crippen molar-refractivity contribution >= 4 is 39.5 Å². The number of nitrogens with zero attached hydrogens (tertiary/aromatic N) is 3. The van der Waals surface area contributed by atoms with E-state index in [9.17, 15) is 27.6 Å². The van der Waals surface area contributed by atoms with Gasteiger partial charge in [-0.25, -0.2) is 13.2 Å². The predicted octanol–water partition coefficient (Wildman–Crippen LogP) is 1.88. The van der Waals surface area contributed by atoms with Crippen molar-refractivity contribution in [3.8, 4) is 11.1 Å². The smallest absolute Gasteiger partial charge is 0.318 e. The van der Waals surface area contributed by atoms with E-state index in [-0.39, 0.29) is 37.9 Å². The van der Waals surface area contributed by atoms with Crippen molar-refractivity contribution in [2.75, 3.05) is 19.6 Å². The van der Waals surface area contributed by atoms with Crippen LogP contribution in [0.25, 0.3) is 11.1 Å². The van der Waals surface area contributed by atoms with Gasteiger partial charge in [0, 0.05) is 30.0 Å². The van der Waals surface area contributed by atoms with Crippen LogP contribution in [0.1, 0.15) is 50.2 Å². The van der Waals surface area contributed by atoms with E-state index in [4.69, 9.17) is 4.84 Å². The summed E-state index contributed by atoms with van der Waals surface area (Å²) in [4.78, 5) is 63.7. The van der Waals surface area contributed by atoms with E-state index < -0.39 is 62.6 Å². The number of oxime groups is 1. The summed E-state index contributed by atoms with van der Waals surface area (Å²) in [5.74, 6) is -2.21. The van der Waals surface area contributed by atoms with Gasteiger partial charge >= 0.3 is 6.03 Å². The maximum atomic E-state index is 14.2. The molecule has 0 aromatic heterocycles. The summed E-state index contributed by atoms with van der Waals surface area (Å²) < 4.78 is 27.7. The van der Waals surface area contributed by atoms with Crippen LogP contribution in [0.3, 0.4) is 0 Å². The second kappa shape index (κ2) is 11.7. The Hall–Kier alpha value is -4.72. The van der Waals surface area contributed by atoms with Gasteiger partial charge in [-0.05, 0) is 42.7 Å². The Balaban J connectivity index is 1.09. The third-order valence-corrected chi connectivity index (χ3v) is 12.4. The van der Waals surface area contributed by atoms with Gasteiger partial charge < -0.3 is 25.3 Å². The first-order valence-corrected chi connectivity index (χ1v) is 18.4. The number of hydrogen-bond acceptors (Lipinski definition) is 8. The molecule has 13 nitrogen and oxygen atoms in total.